The fraction of sp³-hybridized carbons (Fsp3) is 0.409. The summed E-state index contributed by atoms with van der Waals surface area (Å²) in [5.74, 6) is 1.48. The largest absolute Gasteiger partial charge is 0.494 e. The molecule has 0 saturated heterocycles. The number of hydrogen-bond donors (Lipinski definition) is 2. The van der Waals surface area contributed by atoms with Crippen LogP contribution in [0.2, 0.25) is 0 Å². The highest BCUT2D eigenvalue weighted by Crippen LogP contribution is 2.17. The zero-order chi connectivity index (χ0) is 18.8. The molecule has 1 atom stereocenters. The zero-order valence-corrected chi connectivity index (χ0v) is 16.0. The second-order valence-electron chi connectivity index (χ2n) is 6.85. The van der Waals surface area contributed by atoms with Crippen LogP contribution in [0, 0.1) is 5.92 Å². The van der Waals surface area contributed by atoms with Gasteiger partial charge in [-0.15, -0.1) is 0 Å². The summed E-state index contributed by atoms with van der Waals surface area (Å²) in [6.07, 6.45) is 1.90. The third-order valence-electron chi connectivity index (χ3n) is 4.22. The molecule has 4 nitrogen and oxygen atoms in total. The van der Waals surface area contributed by atoms with Gasteiger partial charge in [-0.2, -0.15) is 0 Å². The Balaban J connectivity index is 1.78. The standard InChI is InChI=1S/C22H30N2O2/c1-4-21(18-8-6-5-7-9-18)24-22(25)16-23-19-10-12-20(13-11-19)26-15-14-17(2)3/h5-13,17,21,23H,4,14-16H2,1-3H3,(H,24,25). The first-order valence-corrected chi connectivity index (χ1v) is 9.39. The molecule has 1 amide bonds. The molecule has 1 unspecified atom stereocenters. The van der Waals surface area contributed by atoms with Gasteiger partial charge in [-0.1, -0.05) is 51.1 Å². The number of carbonyl (C=O) groups excluding carboxylic acids is 1. The molecule has 0 spiro atoms. The minimum Gasteiger partial charge on any atom is -0.494 e. The van der Waals surface area contributed by atoms with Gasteiger partial charge in [0.1, 0.15) is 5.75 Å². The van der Waals surface area contributed by atoms with E-state index in [1.54, 1.807) is 0 Å². The Labute approximate surface area is 157 Å². The van der Waals surface area contributed by atoms with E-state index in [1.165, 1.54) is 0 Å². The molecule has 0 saturated carbocycles. The second kappa shape index (κ2) is 10.5. The summed E-state index contributed by atoms with van der Waals surface area (Å²) < 4.78 is 5.71. The van der Waals surface area contributed by atoms with Crippen molar-refractivity contribution < 1.29 is 9.53 Å². The molecule has 140 valence electrons. The molecule has 0 aliphatic carbocycles. The van der Waals surface area contributed by atoms with E-state index in [0.717, 1.165) is 36.4 Å². The fourth-order valence-electron chi connectivity index (χ4n) is 2.62. The van der Waals surface area contributed by atoms with Crippen molar-refractivity contribution in [3.8, 4) is 5.75 Å². The van der Waals surface area contributed by atoms with Crippen molar-refractivity contribution in [3.63, 3.8) is 0 Å². The van der Waals surface area contributed by atoms with E-state index >= 15 is 0 Å². The molecular weight excluding hydrogens is 324 g/mol. The minimum atomic E-state index is -0.0158. The Kier molecular flexibility index (Phi) is 8.00. The van der Waals surface area contributed by atoms with Crippen LogP contribution in [0.4, 0.5) is 5.69 Å². The number of hydrogen-bond acceptors (Lipinski definition) is 3. The molecule has 0 heterocycles. The molecule has 2 aromatic rings. The van der Waals surface area contributed by atoms with Crippen LogP contribution < -0.4 is 15.4 Å². The highest BCUT2D eigenvalue weighted by molar-refractivity contribution is 5.81. The third-order valence-corrected chi connectivity index (χ3v) is 4.22. The Morgan fingerprint density at radius 2 is 1.73 bits per heavy atom. The molecule has 0 radical (unpaired) electrons. The Hall–Kier alpha value is -2.49. The first-order chi connectivity index (χ1) is 12.6. The van der Waals surface area contributed by atoms with E-state index in [4.69, 9.17) is 4.74 Å². The molecule has 0 aromatic heterocycles. The van der Waals surface area contributed by atoms with Crippen LogP contribution in [0.5, 0.6) is 5.75 Å². The molecule has 26 heavy (non-hydrogen) atoms. The van der Waals surface area contributed by atoms with Gasteiger partial charge in [-0.05, 0) is 48.6 Å². The van der Waals surface area contributed by atoms with E-state index in [9.17, 15) is 4.79 Å². The summed E-state index contributed by atoms with van der Waals surface area (Å²) in [4.78, 5) is 12.2. The van der Waals surface area contributed by atoms with Crippen molar-refractivity contribution in [1.82, 2.24) is 5.32 Å². The Bertz CT molecular complexity index is 654. The van der Waals surface area contributed by atoms with Gasteiger partial charge in [0.15, 0.2) is 0 Å². The maximum absolute atomic E-state index is 12.2. The summed E-state index contributed by atoms with van der Waals surface area (Å²) in [7, 11) is 0. The van der Waals surface area contributed by atoms with Crippen LogP contribution in [0.1, 0.15) is 45.2 Å². The van der Waals surface area contributed by atoms with Crippen LogP contribution >= 0.6 is 0 Å². The number of benzene rings is 2. The second-order valence-corrected chi connectivity index (χ2v) is 6.85. The molecular formula is C22H30N2O2. The summed E-state index contributed by atoms with van der Waals surface area (Å²) in [5, 5.41) is 6.24. The molecule has 2 N–H and O–H groups in total. The van der Waals surface area contributed by atoms with Gasteiger partial charge in [0.05, 0.1) is 19.2 Å². The smallest absolute Gasteiger partial charge is 0.239 e. The molecule has 0 fully saturated rings. The minimum absolute atomic E-state index is 0.0158. The van der Waals surface area contributed by atoms with Crippen LogP contribution in [-0.4, -0.2) is 19.1 Å². The van der Waals surface area contributed by atoms with Crippen molar-refractivity contribution >= 4 is 11.6 Å². The molecule has 0 aliphatic rings. The predicted molar refractivity (Wildman–Crippen MR) is 107 cm³/mol. The molecule has 0 aliphatic heterocycles. The first kappa shape index (κ1) is 19.8. The van der Waals surface area contributed by atoms with Crippen molar-refractivity contribution in [3.05, 3.63) is 60.2 Å². The van der Waals surface area contributed by atoms with E-state index in [-0.39, 0.29) is 18.5 Å². The molecule has 4 heteroatoms. The SMILES string of the molecule is CCC(NC(=O)CNc1ccc(OCCC(C)C)cc1)c1ccccc1. The van der Waals surface area contributed by atoms with Crippen LogP contribution in [0.15, 0.2) is 54.6 Å². The monoisotopic (exact) mass is 354 g/mol. The normalized spacial score (nSPS) is 11.8. The van der Waals surface area contributed by atoms with Crippen molar-refractivity contribution in [2.75, 3.05) is 18.5 Å². The van der Waals surface area contributed by atoms with Gasteiger partial charge in [0, 0.05) is 5.69 Å². The van der Waals surface area contributed by atoms with Gasteiger partial charge in [0.2, 0.25) is 5.91 Å². The first-order valence-electron chi connectivity index (χ1n) is 9.39. The predicted octanol–water partition coefficient (Wildman–Crippen LogP) is 4.79. The quantitative estimate of drug-likeness (QED) is 0.645. The Morgan fingerprint density at radius 3 is 2.35 bits per heavy atom. The number of anilines is 1. The lowest BCUT2D eigenvalue weighted by Gasteiger charge is -2.18. The topological polar surface area (TPSA) is 50.4 Å². The van der Waals surface area contributed by atoms with E-state index in [2.05, 4.69) is 31.4 Å². The maximum Gasteiger partial charge on any atom is 0.239 e. The van der Waals surface area contributed by atoms with E-state index < -0.39 is 0 Å². The van der Waals surface area contributed by atoms with Gasteiger partial charge in [-0.3, -0.25) is 4.79 Å². The molecule has 2 rings (SSSR count). The van der Waals surface area contributed by atoms with Crippen molar-refractivity contribution in [2.24, 2.45) is 5.92 Å². The van der Waals surface area contributed by atoms with E-state index in [1.807, 2.05) is 54.6 Å². The number of nitrogens with one attached hydrogen (secondary N) is 2. The third kappa shape index (κ3) is 6.79. The van der Waals surface area contributed by atoms with Crippen LogP contribution in [-0.2, 0) is 4.79 Å². The summed E-state index contributed by atoms with van der Waals surface area (Å²) in [5.41, 5.74) is 2.04. The molecule has 2 aromatic carbocycles. The Morgan fingerprint density at radius 1 is 1.04 bits per heavy atom. The summed E-state index contributed by atoms with van der Waals surface area (Å²) in [6.45, 7) is 7.41. The number of rotatable bonds is 10. The van der Waals surface area contributed by atoms with E-state index in [0.29, 0.717) is 5.92 Å². The zero-order valence-electron chi connectivity index (χ0n) is 16.0. The summed E-state index contributed by atoms with van der Waals surface area (Å²) >= 11 is 0. The lowest BCUT2D eigenvalue weighted by Crippen LogP contribution is -2.33. The van der Waals surface area contributed by atoms with Gasteiger partial charge >= 0.3 is 0 Å². The maximum atomic E-state index is 12.2. The van der Waals surface area contributed by atoms with Gasteiger partial charge < -0.3 is 15.4 Å². The van der Waals surface area contributed by atoms with Crippen LogP contribution in [0.3, 0.4) is 0 Å². The molecule has 0 bridgehead atoms. The van der Waals surface area contributed by atoms with Crippen molar-refractivity contribution in [1.29, 1.82) is 0 Å². The average Bonchev–Trinajstić information content (AvgIpc) is 2.66. The highest BCUT2D eigenvalue weighted by atomic mass is 16.5. The lowest BCUT2D eigenvalue weighted by atomic mass is 10.0. The van der Waals surface area contributed by atoms with Crippen molar-refractivity contribution in [2.45, 2.75) is 39.7 Å². The lowest BCUT2D eigenvalue weighted by molar-refractivity contribution is -0.120. The number of amides is 1. The average molecular weight is 354 g/mol. The highest BCUT2D eigenvalue weighted by Gasteiger charge is 2.12. The summed E-state index contributed by atoms with van der Waals surface area (Å²) in [6, 6.07) is 17.8. The van der Waals surface area contributed by atoms with Crippen LogP contribution in [0.25, 0.3) is 0 Å². The van der Waals surface area contributed by atoms with Gasteiger partial charge in [0.25, 0.3) is 0 Å². The number of carbonyl (C=O) groups is 1. The fourth-order valence-corrected chi connectivity index (χ4v) is 2.62. The number of ether oxygens (including phenoxy) is 1. The van der Waals surface area contributed by atoms with Gasteiger partial charge in [-0.25, -0.2) is 0 Å².